The van der Waals surface area contributed by atoms with Crippen molar-refractivity contribution in [2.24, 2.45) is 0 Å². The van der Waals surface area contributed by atoms with Gasteiger partial charge in [-0.15, -0.1) is 0 Å². The summed E-state index contributed by atoms with van der Waals surface area (Å²) in [7, 11) is 0. The van der Waals surface area contributed by atoms with Gasteiger partial charge in [0, 0.05) is 6.54 Å². The summed E-state index contributed by atoms with van der Waals surface area (Å²) in [5, 5.41) is 5.70. The summed E-state index contributed by atoms with van der Waals surface area (Å²) in [6, 6.07) is 7.77. The summed E-state index contributed by atoms with van der Waals surface area (Å²) in [6.45, 7) is 3.72. The molecule has 1 aromatic rings. The van der Waals surface area contributed by atoms with Crippen LogP contribution in [-0.4, -0.2) is 25.7 Å². The van der Waals surface area contributed by atoms with E-state index >= 15 is 0 Å². The number of amides is 2. The number of allylic oxidation sites excluding steroid dienone is 1. The lowest BCUT2D eigenvalue weighted by molar-refractivity contribution is 0.236. The van der Waals surface area contributed by atoms with Gasteiger partial charge < -0.3 is 15.4 Å². The first kappa shape index (κ1) is 16.4. The number of carbonyl (C=O) groups is 1. The highest BCUT2D eigenvalue weighted by atomic mass is 16.5. The van der Waals surface area contributed by atoms with Gasteiger partial charge in [-0.05, 0) is 51.2 Å². The minimum Gasteiger partial charge on any atom is -0.492 e. The van der Waals surface area contributed by atoms with Crippen LogP contribution in [0.4, 0.5) is 4.79 Å². The summed E-state index contributed by atoms with van der Waals surface area (Å²) in [6.07, 6.45) is 8.25. The topological polar surface area (TPSA) is 50.4 Å². The van der Waals surface area contributed by atoms with E-state index in [1.807, 2.05) is 31.2 Å². The highest BCUT2D eigenvalue weighted by molar-refractivity contribution is 5.73. The summed E-state index contributed by atoms with van der Waals surface area (Å²) < 4.78 is 5.56. The van der Waals surface area contributed by atoms with Crippen LogP contribution in [0.1, 0.15) is 37.7 Å². The van der Waals surface area contributed by atoms with Crippen LogP contribution in [0.5, 0.6) is 5.75 Å². The Morgan fingerprint density at radius 2 is 1.91 bits per heavy atom. The zero-order chi connectivity index (χ0) is 15.6. The molecule has 120 valence electrons. The molecule has 0 unspecified atom stereocenters. The molecule has 0 saturated carbocycles. The molecule has 0 spiro atoms. The predicted octanol–water partition coefficient (Wildman–Crippen LogP) is 3.56. The first-order chi connectivity index (χ1) is 10.7. The Morgan fingerprint density at radius 1 is 1.14 bits per heavy atom. The number of ether oxygens (including phenoxy) is 1. The maximum Gasteiger partial charge on any atom is 0.314 e. The summed E-state index contributed by atoms with van der Waals surface area (Å²) >= 11 is 0. The monoisotopic (exact) mass is 302 g/mol. The molecule has 1 aromatic carbocycles. The van der Waals surface area contributed by atoms with E-state index in [-0.39, 0.29) is 6.03 Å². The van der Waals surface area contributed by atoms with Gasteiger partial charge in [0.1, 0.15) is 12.4 Å². The largest absolute Gasteiger partial charge is 0.492 e. The molecule has 4 heteroatoms. The van der Waals surface area contributed by atoms with E-state index in [0.717, 1.165) is 12.2 Å². The number of urea groups is 1. The molecule has 0 saturated heterocycles. The van der Waals surface area contributed by atoms with E-state index in [9.17, 15) is 4.79 Å². The summed E-state index contributed by atoms with van der Waals surface area (Å²) in [4.78, 5) is 11.6. The van der Waals surface area contributed by atoms with E-state index < -0.39 is 0 Å². The Kier molecular flexibility index (Phi) is 6.81. The molecule has 4 nitrogen and oxygen atoms in total. The van der Waals surface area contributed by atoms with Crippen molar-refractivity contribution in [2.45, 2.75) is 39.0 Å². The molecule has 0 aliphatic heterocycles. The molecule has 0 radical (unpaired) electrons. The number of benzene rings is 1. The second kappa shape index (κ2) is 9.13. The van der Waals surface area contributed by atoms with Gasteiger partial charge in [0.2, 0.25) is 0 Å². The summed E-state index contributed by atoms with van der Waals surface area (Å²) in [5.41, 5.74) is 2.69. The third-order valence-electron chi connectivity index (χ3n) is 3.79. The molecule has 0 heterocycles. The zero-order valence-electron chi connectivity index (χ0n) is 13.4. The van der Waals surface area contributed by atoms with Gasteiger partial charge in [0.05, 0.1) is 6.54 Å². The first-order valence-electron chi connectivity index (χ1n) is 8.13. The maximum absolute atomic E-state index is 11.6. The fourth-order valence-electron chi connectivity index (χ4n) is 2.50. The van der Waals surface area contributed by atoms with Gasteiger partial charge in [-0.3, -0.25) is 0 Å². The Morgan fingerprint density at radius 3 is 2.64 bits per heavy atom. The lowest BCUT2D eigenvalue weighted by Gasteiger charge is -2.13. The van der Waals surface area contributed by atoms with Crippen molar-refractivity contribution < 1.29 is 9.53 Å². The number of carbonyl (C=O) groups excluding carboxylic acids is 1. The van der Waals surface area contributed by atoms with Crippen molar-refractivity contribution in [3.63, 3.8) is 0 Å². The molecular weight excluding hydrogens is 276 g/mol. The highest BCUT2D eigenvalue weighted by Crippen LogP contribution is 2.19. The van der Waals surface area contributed by atoms with Gasteiger partial charge >= 0.3 is 6.03 Å². The smallest absolute Gasteiger partial charge is 0.314 e. The first-order valence-corrected chi connectivity index (χ1v) is 8.13. The van der Waals surface area contributed by atoms with Crippen LogP contribution < -0.4 is 15.4 Å². The molecule has 1 aliphatic rings. The minimum absolute atomic E-state index is 0.121. The SMILES string of the molecule is Cc1ccc(OCCNC(=O)NCCC2=CCCCC2)cc1. The number of hydrogen-bond acceptors (Lipinski definition) is 2. The van der Waals surface area contributed by atoms with Crippen molar-refractivity contribution in [3.05, 3.63) is 41.5 Å². The number of hydrogen-bond donors (Lipinski definition) is 2. The Labute approximate surface area is 132 Å². The lowest BCUT2D eigenvalue weighted by atomic mass is 9.97. The van der Waals surface area contributed by atoms with Crippen LogP contribution in [0.3, 0.4) is 0 Å². The van der Waals surface area contributed by atoms with Gasteiger partial charge in [0.25, 0.3) is 0 Å². The third kappa shape index (κ3) is 6.20. The predicted molar refractivity (Wildman–Crippen MR) is 89.2 cm³/mol. The van der Waals surface area contributed by atoms with E-state index in [4.69, 9.17) is 4.74 Å². The van der Waals surface area contributed by atoms with Crippen molar-refractivity contribution in [1.29, 1.82) is 0 Å². The second-order valence-corrected chi connectivity index (χ2v) is 5.70. The zero-order valence-corrected chi connectivity index (χ0v) is 13.4. The standard InChI is InChI=1S/C18H26N2O2/c1-15-7-9-17(10-8-15)22-14-13-20-18(21)19-12-11-16-5-3-2-4-6-16/h5,7-10H,2-4,6,11-14H2,1H3,(H2,19,20,21). The molecule has 1 aliphatic carbocycles. The van der Waals surface area contributed by atoms with Gasteiger partial charge in [-0.1, -0.05) is 29.3 Å². The van der Waals surface area contributed by atoms with Crippen LogP contribution >= 0.6 is 0 Å². The molecular formula is C18H26N2O2. The molecule has 0 atom stereocenters. The van der Waals surface area contributed by atoms with Crippen molar-refractivity contribution >= 4 is 6.03 Å². The van der Waals surface area contributed by atoms with Crippen molar-refractivity contribution in [3.8, 4) is 5.75 Å². The van der Waals surface area contributed by atoms with Gasteiger partial charge in [-0.25, -0.2) is 4.79 Å². The fourth-order valence-corrected chi connectivity index (χ4v) is 2.50. The van der Waals surface area contributed by atoms with E-state index in [1.165, 1.54) is 36.8 Å². The fraction of sp³-hybridized carbons (Fsp3) is 0.500. The summed E-state index contributed by atoms with van der Waals surface area (Å²) in [5.74, 6) is 0.831. The number of nitrogens with one attached hydrogen (secondary N) is 2. The van der Waals surface area contributed by atoms with Crippen molar-refractivity contribution in [2.75, 3.05) is 19.7 Å². The molecule has 0 aromatic heterocycles. The number of aryl methyl sites for hydroxylation is 1. The lowest BCUT2D eigenvalue weighted by Crippen LogP contribution is -2.38. The Bertz CT molecular complexity index is 494. The molecule has 2 N–H and O–H groups in total. The molecule has 22 heavy (non-hydrogen) atoms. The molecule has 0 fully saturated rings. The quantitative estimate of drug-likeness (QED) is 0.597. The van der Waals surface area contributed by atoms with Gasteiger partial charge in [0.15, 0.2) is 0 Å². The molecule has 2 amide bonds. The number of rotatable bonds is 7. The van der Waals surface area contributed by atoms with E-state index in [0.29, 0.717) is 19.7 Å². The van der Waals surface area contributed by atoms with Crippen LogP contribution in [-0.2, 0) is 0 Å². The highest BCUT2D eigenvalue weighted by Gasteiger charge is 2.04. The van der Waals surface area contributed by atoms with E-state index in [1.54, 1.807) is 0 Å². The average Bonchev–Trinajstić information content (AvgIpc) is 2.54. The second-order valence-electron chi connectivity index (χ2n) is 5.70. The minimum atomic E-state index is -0.121. The Hall–Kier alpha value is -1.97. The van der Waals surface area contributed by atoms with Crippen LogP contribution in [0.25, 0.3) is 0 Å². The average molecular weight is 302 g/mol. The van der Waals surface area contributed by atoms with Gasteiger partial charge in [-0.2, -0.15) is 0 Å². The third-order valence-corrected chi connectivity index (χ3v) is 3.79. The van der Waals surface area contributed by atoms with Crippen LogP contribution in [0.2, 0.25) is 0 Å². The maximum atomic E-state index is 11.6. The normalized spacial score (nSPS) is 14.1. The van der Waals surface area contributed by atoms with Crippen LogP contribution in [0.15, 0.2) is 35.9 Å². The van der Waals surface area contributed by atoms with E-state index in [2.05, 4.69) is 16.7 Å². The Balaban J connectivity index is 1.52. The van der Waals surface area contributed by atoms with Crippen LogP contribution in [0, 0.1) is 6.92 Å². The van der Waals surface area contributed by atoms with Crippen molar-refractivity contribution in [1.82, 2.24) is 10.6 Å². The molecule has 2 rings (SSSR count). The molecule has 0 bridgehead atoms.